The van der Waals surface area contributed by atoms with E-state index in [1.807, 2.05) is 21.1 Å². The molecule has 0 spiro atoms. The van der Waals surface area contributed by atoms with E-state index in [1.54, 1.807) is 0 Å². The summed E-state index contributed by atoms with van der Waals surface area (Å²) in [6.45, 7) is 4.55. The first-order valence-corrected chi connectivity index (χ1v) is 21.8. The molecular weight excluding hydrogens is 691 g/mol. The molecule has 0 aliphatic rings. The lowest BCUT2D eigenvalue weighted by atomic mass is 10.1. The predicted molar refractivity (Wildman–Crippen MR) is 229 cm³/mol. The van der Waals surface area contributed by atoms with Gasteiger partial charge in [0.05, 0.1) is 34.4 Å². The Balaban J connectivity index is 4.39. The van der Waals surface area contributed by atoms with Gasteiger partial charge in [0.1, 0.15) is 6.61 Å². The van der Waals surface area contributed by atoms with Crippen LogP contribution >= 0.6 is 0 Å². The predicted octanol–water partition coefficient (Wildman–Crippen LogP) is 11.8. The van der Waals surface area contributed by atoms with Crippen LogP contribution in [0, 0.1) is 0 Å². The number of unbranched alkanes of at least 4 members (excludes halogenated alkanes) is 14. The van der Waals surface area contributed by atoms with Crippen molar-refractivity contribution >= 4 is 17.9 Å². The Hall–Kier alpha value is -2.97. The van der Waals surface area contributed by atoms with Crippen LogP contribution in [0.15, 0.2) is 60.8 Å². The zero-order valence-corrected chi connectivity index (χ0v) is 35.9. The van der Waals surface area contributed by atoms with Crippen molar-refractivity contribution in [2.24, 2.45) is 0 Å². The number of ether oxygens (including phenoxy) is 3. The SMILES string of the molecule is CC/C=C/C/C=C/C/C=C/CCCCCCC(=O)OC(COCCC(C(=O)O)[N+](C)(C)C)COC(=O)CCCCCCCCC/C=C/C/C=C/CCCCC. The fourth-order valence-corrected chi connectivity index (χ4v) is 6.02. The van der Waals surface area contributed by atoms with E-state index in [4.69, 9.17) is 14.2 Å². The molecule has 0 aromatic carbocycles. The van der Waals surface area contributed by atoms with Crippen molar-refractivity contribution < 1.29 is 38.2 Å². The van der Waals surface area contributed by atoms with Crippen molar-refractivity contribution in [3.05, 3.63) is 60.8 Å². The molecule has 0 amide bonds. The number of hydrogen-bond acceptors (Lipinski definition) is 6. The van der Waals surface area contributed by atoms with Crippen molar-refractivity contribution in [1.82, 2.24) is 0 Å². The van der Waals surface area contributed by atoms with Gasteiger partial charge in [-0.15, -0.1) is 0 Å². The number of aliphatic carboxylic acids is 1. The van der Waals surface area contributed by atoms with Gasteiger partial charge in [-0.1, -0.05) is 132 Å². The third kappa shape index (κ3) is 36.4. The van der Waals surface area contributed by atoms with Crippen LogP contribution in [0.2, 0.25) is 0 Å². The summed E-state index contributed by atoms with van der Waals surface area (Å²) in [5.41, 5.74) is 0. The van der Waals surface area contributed by atoms with Gasteiger partial charge >= 0.3 is 17.9 Å². The average molecular weight is 773 g/mol. The summed E-state index contributed by atoms with van der Waals surface area (Å²) in [5, 5.41) is 9.61. The maximum absolute atomic E-state index is 12.7. The van der Waals surface area contributed by atoms with E-state index in [9.17, 15) is 19.5 Å². The molecule has 0 aliphatic heterocycles. The number of nitrogens with zero attached hydrogens (tertiary/aromatic N) is 1. The smallest absolute Gasteiger partial charge is 0.362 e. The molecule has 8 heteroatoms. The molecular formula is C47H82NO7+. The summed E-state index contributed by atoms with van der Waals surface area (Å²) < 4.78 is 17.2. The minimum Gasteiger partial charge on any atom is -0.477 e. The molecule has 2 atom stereocenters. The fraction of sp³-hybridized carbons (Fsp3) is 0.723. The van der Waals surface area contributed by atoms with Crippen molar-refractivity contribution in [3.63, 3.8) is 0 Å². The Morgan fingerprint density at radius 2 is 1.02 bits per heavy atom. The zero-order valence-electron chi connectivity index (χ0n) is 35.9. The molecule has 55 heavy (non-hydrogen) atoms. The van der Waals surface area contributed by atoms with Crippen LogP contribution in [0.1, 0.15) is 168 Å². The Labute approximate surface area is 337 Å². The number of allylic oxidation sites excluding steroid dienone is 10. The van der Waals surface area contributed by atoms with Crippen LogP contribution in [0.5, 0.6) is 0 Å². The number of quaternary nitrogens is 1. The molecule has 0 bridgehead atoms. The standard InChI is InChI=1S/C47H81NO7/c1-6-8-10-12-14-16-18-20-22-23-24-26-27-29-31-33-35-37-45(49)54-42-43(41-53-40-39-44(47(51)52)48(3,4)5)55-46(50)38-36-34-32-30-28-25-21-19-17-15-13-11-9-7-2/h9,11,14-17,20-22,25,43-44H,6-8,10,12-13,18-19,23-24,26-42H2,1-5H3/p+1/b11-9+,16-14+,17-15+,22-20+,25-21+. The lowest BCUT2D eigenvalue weighted by molar-refractivity contribution is -0.887. The first-order chi connectivity index (χ1) is 26.6. The molecule has 0 rings (SSSR count). The molecule has 0 saturated heterocycles. The number of carbonyl (C=O) groups excluding carboxylic acids is 2. The van der Waals surface area contributed by atoms with Crippen LogP contribution in [-0.4, -0.2) is 80.6 Å². The molecule has 0 saturated carbocycles. The van der Waals surface area contributed by atoms with E-state index < -0.39 is 18.1 Å². The molecule has 0 aromatic heterocycles. The van der Waals surface area contributed by atoms with Crippen LogP contribution in [0.3, 0.4) is 0 Å². The molecule has 1 N–H and O–H groups in total. The third-order valence-electron chi connectivity index (χ3n) is 9.40. The summed E-state index contributed by atoms with van der Waals surface area (Å²) in [7, 11) is 5.51. The number of likely N-dealkylation sites (N-methyl/N-ethyl adjacent to an activating group) is 1. The van der Waals surface area contributed by atoms with Gasteiger partial charge in [-0.05, 0) is 77.0 Å². The Morgan fingerprint density at radius 3 is 1.51 bits per heavy atom. The second-order valence-electron chi connectivity index (χ2n) is 15.6. The van der Waals surface area contributed by atoms with Gasteiger partial charge in [-0.2, -0.15) is 0 Å². The third-order valence-corrected chi connectivity index (χ3v) is 9.40. The second kappa shape index (κ2) is 37.9. The van der Waals surface area contributed by atoms with Crippen molar-refractivity contribution in [3.8, 4) is 0 Å². The first kappa shape index (κ1) is 52.0. The molecule has 2 unspecified atom stereocenters. The molecule has 0 heterocycles. The summed E-state index contributed by atoms with van der Waals surface area (Å²) in [6.07, 6.45) is 45.4. The Morgan fingerprint density at radius 1 is 0.564 bits per heavy atom. The van der Waals surface area contributed by atoms with E-state index in [0.29, 0.717) is 19.3 Å². The largest absolute Gasteiger partial charge is 0.477 e. The zero-order chi connectivity index (χ0) is 40.7. The average Bonchev–Trinajstić information content (AvgIpc) is 3.14. The highest BCUT2D eigenvalue weighted by atomic mass is 16.6. The minimum atomic E-state index is -0.882. The highest BCUT2D eigenvalue weighted by molar-refractivity contribution is 5.72. The van der Waals surface area contributed by atoms with E-state index in [-0.39, 0.29) is 36.2 Å². The molecule has 316 valence electrons. The quantitative estimate of drug-likeness (QED) is 0.0289. The van der Waals surface area contributed by atoms with E-state index in [1.165, 1.54) is 51.4 Å². The van der Waals surface area contributed by atoms with Crippen molar-refractivity contribution in [2.75, 3.05) is 41.0 Å². The van der Waals surface area contributed by atoms with E-state index in [0.717, 1.165) is 83.5 Å². The summed E-state index contributed by atoms with van der Waals surface area (Å²) >= 11 is 0. The fourth-order valence-electron chi connectivity index (χ4n) is 6.02. The number of carbonyl (C=O) groups is 3. The Kier molecular flexibility index (Phi) is 35.9. The monoisotopic (exact) mass is 773 g/mol. The molecule has 0 aliphatic carbocycles. The van der Waals surface area contributed by atoms with Gasteiger partial charge in [-0.3, -0.25) is 9.59 Å². The van der Waals surface area contributed by atoms with Crippen LogP contribution in [0.4, 0.5) is 0 Å². The van der Waals surface area contributed by atoms with Crippen molar-refractivity contribution in [1.29, 1.82) is 0 Å². The number of carboxylic acids is 1. The van der Waals surface area contributed by atoms with E-state index >= 15 is 0 Å². The summed E-state index contributed by atoms with van der Waals surface area (Å²) in [5.74, 6) is -1.51. The highest BCUT2D eigenvalue weighted by Crippen LogP contribution is 2.13. The summed E-state index contributed by atoms with van der Waals surface area (Å²) in [6, 6.07) is -0.622. The highest BCUT2D eigenvalue weighted by Gasteiger charge is 2.31. The number of hydrogen-bond donors (Lipinski definition) is 1. The number of carboxylic acid groups (broad SMARTS) is 1. The van der Waals surface area contributed by atoms with Gasteiger partial charge in [0, 0.05) is 19.3 Å². The Bertz CT molecular complexity index is 1090. The summed E-state index contributed by atoms with van der Waals surface area (Å²) in [4.78, 5) is 36.9. The second-order valence-corrected chi connectivity index (χ2v) is 15.6. The van der Waals surface area contributed by atoms with Crippen molar-refractivity contribution in [2.45, 2.75) is 180 Å². The van der Waals surface area contributed by atoms with Crippen LogP contribution < -0.4 is 0 Å². The maximum atomic E-state index is 12.7. The topological polar surface area (TPSA) is 99.1 Å². The minimum absolute atomic E-state index is 0.0471. The number of rotatable bonds is 38. The van der Waals surface area contributed by atoms with Gasteiger partial charge < -0.3 is 23.8 Å². The lowest BCUT2D eigenvalue weighted by Gasteiger charge is -2.31. The maximum Gasteiger partial charge on any atom is 0.362 e. The number of esters is 2. The van der Waals surface area contributed by atoms with Crippen LogP contribution in [-0.2, 0) is 28.6 Å². The first-order valence-electron chi connectivity index (χ1n) is 21.8. The molecule has 8 nitrogen and oxygen atoms in total. The van der Waals surface area contributed by atoms with E-state index in [2.05, 4.69) is 74.6 Å². The lowest BCUT2D eigenvalue weighted by Crippen LogP contribution is -2.50. The van der Waals surface area contributed by atoms with Gasteiger partial charge in [0.15, 0.2) is 12.1 Å². The van der Waals surface area contributed by atoms with Gasteiger partial charge in [0.25, 0.3) is 0 Å². The van der Waals surface area contributed by atoms with Gasteiger partial charge in [0.2, 0.25) is 0 Å². The molecule has 0 aromatic rings. The molecule has 0 fully saturated rings. The van der Waals surface area contributed by atoms with Gasteiger partial charge in [-0.25, -0.2) is 4.79 Å². The molecule has 0 radical (unpaired) electrons. The normalized spacial score (nSPS) is 13.5. The van der Waals surface area contributed by atoms with Crippen LogP contribution in [0.25, 0.3) is 0 Å².